The Bertz CT molecular complexity index is 828. The lowest BCUT2D eigenvalue weighted by Gasteiger charge is -2.29. The van der Waals surface area contributed by atoms with Crippen molar-refractivity contribution < 1.29 is 18.8 Å². The predicted octanol–water partition coefficient (Wildman–Crippen LogP) is 2.13. The number of carbonyl (C=O) groups is 3. The van der Waals surface area contributed by atoms with Gasteiger partial charge in [-0.25, -0.2) is 4.39 Å². The minimum atomic E-state index is -1.53. The minimum absolute atomic E-state index is 0.133. The number of hydrazone groups is 1. The van der Waals surface area contributed by atoms with Crippen LogP contribution in [0.15, 0.2) is 23.3 Å². The Hall–Kier alpha value is -2.42. The van der Waals surface area contributed by atoms with Crippen LogP contribution in [0.5, 0.6) is 0 Å². The van der Waals surface area contributed by atoms with Gasteiger partial charge in [0.15, 0.2) is 5.17 Å². The van der Waals surface area contributed by atoms with Crippen LogP contribution in [-0.4, -0.2) is 34.4 Å². The number of amides is 3. The Balaban J connectivity index is 2.13. The molecular weight excluding hydrogens is 359 g/mol. The van der Waals surface area contributed by atoms with Crippen molar-refractivity contribution in [2.75, 3.05) is 11.4 Å². The van der Waals surface area contributed by atoms with E-state index in [1.54, 1.807) is 11.0 Å². The summed E-state index contributed by atoms with van der Waals surface area (Å²) in [6, 6.07) is 4.09. The van der Waals surface area contributed by atoms with Crippen molar-refractivity contribution in [1.29, 1.82) is 0 Å². The average Bonchev–Trinajstić information content (AvgIpc) is 3.04. The molecule has 2 heterocycles. The second-order valence-corrected chi connectivity index (χ2v) is 7.32. The van der Waals surface area contributed by atoms with Crippen LogP contribution in [-0.2, 0) is 19.3 Å². The normalized spacial score (nSPS) is 21.2. The van der Waals surface area contributed by atoms with E-state index in [1.165, 1.54) is 26.0 Å². The number of nitrogens with zero attached hydrogens (tertiary/aromatic N) is 3. The molecule has 1 N–H and O–H groups in total. The number of anilines is 1. The Morgan fingerprint density at radius 1 is 1.35 bits per heavy atom. The van der Waals surface area contributed by atoms with Gasteiger partial charge in [-0.3, -0.25) is 14.4 Å². The number of hydrogen-bond donors (Lipinski definition) is 1. The molecule has 0 aromatic heterocycles. The van der Waals surface area contributed by atoms with Crippen LogP contribution >= 0.6 is 11.8 Å². The first kappa shape index (κ1) is 18.4. The molecule has 7 nitrogen and oxygen atoms in total. The number of carbonyl (C=O) groups excluding carboxylic acids is 3. The lowest BCUT2D eigenvalue weighted by Crippen LogP contribution is -2.48. The first-order valence-electron chi connectivity index (χ1n) is 8.29. The highest BCUT2D eigenvalue weighted by Crippen LogP contribution is 2.54. The second kappa shape index (κ2) is 6.71. The topological polar surface area (TPSA) is 82.1 Å². The van der Waals surface area contributed by atoms with Crippen molar-refractivity contribution in [3.63, 3.8) is 0 Å². The molecule has 0 saturated heterocycles. The molecule has 0 unspecified atom stereocenters. The van der Waals surface area contributed by atoms with Gasteiger partial charge in [0.2, 0.25) is 16.7 Å². The number of amidine groups is 1. The summed E-state index contributed by atoms with van der Waals surface area (Å²) in [5, 5.41) is 7.81. The molecule has 0 aliphatic carbocycles. The van der Waals surface area contributed by atoms with E-state index >= 15 is 0 Å². The van der Waals surface area contributed by atoms with E-state index in [0.717, 1.165) is 29.6 Å². The van der Waals surface area contributed by atoms with Crippen LogP contribution in [0.1, 0.15) is 39.2 Å². The van der Waals surface area contributed by atoms with Crippen LogP contribution in [0.3, 0.4) is 0 Å². The second-order valence-electron chi connectivity index (χ2n) is 6.14. The quantitative estimate of drug-likeness (QED) is 0.874. The molecule has 2 aliphatic heterocycles. The van der Waals surface area contributed by atoms with E-state index < -0.39 is 16.6 Å². The highest BCUT2D eigenvalue weighted by molar-refractivity contribution is 8.15. The van der Waals surface area contributed by atoms with Crippen molar-refractivity contribution in [3.05, 3.63) is 29.6 Å². The van der Waals surface area contributed by atoms with Gasteiger partial charge >= 0.3 is 0 Å². The van der Waals surface area contributed by atoms with E-state index in [1.807, 2.05) is 6.92 Å². The molecule has 1 aromatic carbocycles. The number of hydrogen-bond acceptors (Lipinski definition) is 5. The summed E-state index contributed by atoms with van der Waals surface area (Å²) in [5.74, 6) is -1.72. The summed E-state index contributed by atoms with van der Waals surface area (Å²) >= 11 is 0.947. The maximum absolute atomic E-state index is 14.0. The van der Waals surface area contributed by atoms with Crippen molar-refractivity contribution in [3.8, 4) is 0 Å². The van der Waals surface area contributed by atoms with E-state index in [-0.39, 0.29) is 17.0 Å². The SMILES string of the molecule is CCCCN1C(=O)[C@]2(SC(NC(C)=O)=NN2C(C)=O)c2cc(F)ccc21. The van der Waals surface area contributed by atoms with Gasteiger partial charge in [-0.1, -0.05) is 13.3 Å². The van der Waals surface area contributed by atoms with E-state index in [0.29, 0.717) is 17.8 Å². The zero-order chi connectivity index (χ0) is 19.1. The molecular formula is C17H19FN4O3S. The lowest BCUT2D eigenvalue weighted by molar-refractivity contribution is -0.139. The number of halogens is 1. The van der Waals surface area contributed by atoms with Crippen LogP contribution in [0.25, 0.3) is 0 Å². The first-order valence-corrected chi connectivity index (χ1v) is 9.11. The van der Waals surface area contributed by atoms with Gasteiger partial charge in [-0.2, -0.15) is 5.01 Å². The molecule has 0 fully saturated rings. The Morgan fingerprint density at radius 2 is 2.08 bits per heavy atom. The third-order valence-electron chi connectivity index (χ3n) is 4.20. The predicted molar refractivity (Wildman–Crippen MR) is 96.7 cm³/mol. The fourth-order valence-electron chi connectivity index (χ4n) is 3.12. The molecule has 138 valence electrons. The Kier molecular flexibility index (Phi) is 4.74. The molecule has 1 spiro atoms. The third-order valence-corrected chi connectivity index (χ3v) is 5.44. The summed E-state index contributed by atoms with van der Waals surface area (Å²) in [6.45, 7) is 5.05. The van der Waals surface area contributed by atoms with Gasteiger partial charge in [-0.15, -0.1) is 5.10 Å². The summed E-state index contributed by atoms with van der Waals surface area (Å²) in [4.78, 5) is 37.0. The molecule has 9 heteroatoms. The van der Waals surface area contributed by atoms with E-state index in [4.69, 9.17) is 0 Å². The van der Waals surface area contributed by atoms with E-state index in [9.17, 15) is 18.8 Å². The van der Waals surface area contributed by atoms with Gasteiger partial charge in [0.05, 0.1) is 5.69 Å². The molecule has 3 rings (SSSR count). The number of benzene rings is 1. The molecule has 26 heavy (non-hydrogen) atoms. The number of rotatable bonds is 3. The standard InChI is InChI=1S/C17H19FN4O3S/c1-4-5-8-21-14-7-6-12(18)9-13(14)17(15(21)25)22(11(3)24)20-16(26-17)19-10(2)23/h6-7,9H,4-5,8H2,1-3H3,(H,19,20,23)/t17-/m1/s1. The van der Waals surface area contributed by atoms with Crippen LogP contribution in [0.2, 0.25) is 0 Å². The average molecular weight is 378 g/mol. The Morgan fingerprint density at radius 3 is 2.69 bits per heavy atom. The number of unbranched alkanes of at least 4 members (excludes halogenated alkanes) is 1. The Labute approximate surface area is 154 Å². The minimum Gasteiger partial charge on any atom is -0.309 e. The van der Waals surface area contributed by atoms with Crippen molar-refractivity contribution >= 4 is 40.3 Å². The molecule has 3 amide bonds. The highest BCUT2D eigenvalue weighted by Gasteiger charge is 2.61. The van der Waals surface area contributed by atoms with Crippen LogP contribution in [0.4, 0.5) is 10.1 Å². The number of fused-ring (bicyclic) bond motifs is 2. The van der Waals surface area contributed by atoms with Gasteiger partial charge in [-0.05, 0) is 36.4 Å². The monoisotopic (exact) mass is 378 g/mol. The van der Waals surface area contributed by atoms with Crippen molar-refractivity contribution in [2.24, 2.45) is 5.10 Å². The molecule has 2 aliphatic rings. The van der Waals surface area contributed by atoms with Gasteiger partial charge in [0, 0.05) is 26.0 Å². The molecule has 0 saturated carbocycles. The van der Waals surface area contributed by atoms with Gasteiger partial charge < -0.3 is 10.2 Å². The number of thioether (sulfide) groups is 1. The maximum atomic E-state index is 14.0. The van der Waals surface area contributed by atoms with Crippen LogP contribution < -0.4 is 10.2 Å². The van der Waals surface area contributed by atoms with Gasteiger partial charge in [0.1, 0.15) is 5.82 Å². The zero-order valence-electron chi connectivity index (χ0n) is 14.7. The fraction of sp³-hybridized carbons (Fsp3) is 0.412. The molecule has 1 aromatic rings. The highest BCUT2D eigenvalue weighted by atomic mass is 32.2. The fourth-order valence-corrected chi connectivity index (χ4v) is 4.45. The molecule has 0 bridgehead atoms. The zero-order valence-corrected chi connectivity index (χ0v) is 15.5. The van der Waals surface area contributed by atoms with Crippen molar-refractivity contribution in [1.82, 2.24) is 10.3 Å². The van der Waals surface area contributed by atoms with Crippen LogP contribution in [0, 0.1) is 5.82 Å². The van der Waals surface area contributed by atoms with Crippen molar-refractivity contribution in [2.45, 2.75) is 38.5 Å². The first-order chi connectivity index (χ1) is 12.3. The smallest absolute Gasteiger partial charge is 0.270 e. The largest absolute Gasteiger partial charge is 0.309 e. The number of nitrogens with one attached hydrogen (secondary N) is 1. The summed E-state index contributed by atoms with van der Waals surface area (Å²) in [6.07, 6.45) is 1.65. The summed E-state index contributed by atoms with van der Waals surface area (Å²) in [7, 11) is 0. The lowest BCUT2D eigenvalue weighted by atomic mass is 10.1. The third kappa shape index (κ3) is 2.76. The van der Waals surface area contributed by atoms with Gasteiger partial charge in [0.25, 0.3) is 5.91 Å². The summed E-state index contributed by atoms with van der Waals surface area (Å²) in [5.41, 5.74) is 0.922. The maximum Gasteiger partial charge on any atom is 0.270 e. The summed E-state index contributed by atoms with van der Waals surface area (Å²) < 4.78 is 14.0. The molecule has 1 atom stereocenters. The molecule has 0 radical (unpaired) electrons. The van der Waals surface area contributed by atoms with E-state index in [2.05, 4.69) is 10.4 Å².